The lowest BCUT2D eigenvalue weighted by molar-refractivity contribution is -0.150. The Hall–Kier alpha value is -5.87. The Kier molecular flexibility index (Phi) is 10.2. The van der Waals surface area contributed by atoms with Crippen molar-refractivity contribution in [3.05, 3.63) is 70.1 Å². The smallest absolute Gasteiger partial charge is 0.352 e. The van der Waals surface area contributed by atoms with E-state index in [-0.39, 0.29) is 33.6 Å². The largest absolute Gasteiger partial charge is 0.504 e. The number of aromatic hydroxyl groups is 2. The number of rotatable bonds is 11. The third-order valence-electron chi connectivity index (χ3n) is 7.80. The highest BCUT2D eigenvalue weighted by Gasteiger charge is 2.54. The monoisotopic (exact) mass is 782 g/mol. The van der Waals surface area contributed by atoms with Crippen LogP contribution in [0.25, 0.3) is 5.65 Å². The number of aliphatic carboxylic acids is 1. The summed E-state index contributed by atoms with van der Waals surface area (Å²) >= 11 is 3.64. The number of amides is 4. The number of anilines is 1. The lowest BCUT2D eigenvalue weighted by Crippen LogP contribution is -2.71. The molecule has 276 valence electrons. The second-order valence-corrected chi connectivity index (χ2v) is 15.0. The van der Waals surface area contributed by atoms with E-state index in [0.29, 0.717) is 11.2 Å². The Bertz CT molecular complexity index is 2230. The number of aromatic nitrogens is 4. The molecule has 0 aliphatic carbocycles. The number of fused-ring (bicyclic) bond motifs is 2. The SMILES string of the molecule is Cc1cc(SCC2=C(C(=O)O)N3C(=O)C(NC(=O)C(=NOC(C)(C)C(=O)NNC(=O)c4ccc(O)c(O)c4)c4csc(N)n4)[C@@H]3SC2)n2nccc2n1. The summed E-state index contributed by atoms with van der Waals surface area (Å²) in [7, 11) is 0. The van der Waals surface area contributed by atoms with Gasteiger partial charge in [-0.2, -0.15) is 5.10 Å². The number of hydrogen-bond acceptors (Lipinski definition) is 16. The predicted octanol–water partition coefficient (Wildman–Crippen LogP) is 0.979. The topological polar surface area (TPSA) is 276 Å². The van der Waals surface area contributed by atoms with Gasteiger partial charge < -0.3 is 31.2 Å². The molecule has 2 aliphatic rings. The van der Waals surface area contributed by atoms with E-state index in [0.717, 1.165) is 39.1 Å². The van der Waals surface area contributed by atoms with Gasteiger partial charge in [0.1, 0.15) is 27.8 Å². The van der Waals surface area contributed by atoms with Crippen LogP contribution in [0.4, 0.5) is 5.13 Å². The number of thioether (sulfide) groups is 2. The summed E-state index contributed by atoms with van der Waals surface area (Å²) in [6, 6.07) is 5.76. The number of aryl methyl sites for hydroxylation is 1. The minimum Gasteiger partial charge on any atom is -0.504 e. The zero-order valence-corrected chi connectivity index (χ0v) is 30.3. The van der Waals surface area contributed by atoms with Crippen molar-refractivity contribution in [1.82, 2.24) is 40.7 Å². The summed E-state index contributed by atoms with van der Waals surface area (Å²) < 4.78 is 1.65. The van der Waals surface area contributed by atoms with Crippen molar-refractivity contribution in [2.45, 2.75) is 42.8 Å². The van der Waals surface area contributed by atoms with Gasteiger partial charge in [0.2, 0.25) is 5.60 Å². The van der Waals surface area contributed by atoms with Crippen LogP contribution in [-0.2, 0) is 24.0 Å². The maximum absolute atomic E-state index is 13.6. The standard InChI is InChI=1S/C31H30N10O9S3/c1-13-8-20(41-19(34-13)6-7-33-41)51-10-15-11-52-27-22(26(46)40(27)23(15)28(47)48)36-25(45)21(16-12-53-30(32)35-16)39-50-31(2,3)29(49)38-37-24(44)14-4-5-17(42)18(43)9-14/h4-9,12,22,27,42-43H,10-11H2,1-3H3,(H2,32,35)(H,36,45)(H,37,44)(H,38,49)(H,47,48)/t22?,27-/m0/s1. The highest BCUT2D eigenvalue weighted by Crippen LogP contribution is 2.41. The highest BCUT2D eigenvalue weighted by molar-refractivity contribution is 8.01. The maximum Gasteiger partial charge on any atom is 0.352 e. The minimum atomic E-state index is -1.80. The molecule has 0 spiro atoms. The molecule has 1 fully saturated rings. The zero-order valence-electron chi connectivity index (χ0n) is 27.9. The van der Waals surface area contributed by atoms with Crippen molar-refractivity contribution < 1.29 is 44.1 Å². The molecule has 3 aromatic heterocycles. The lowest BCUT2D eigenvalue weighted by Gasteiger charge is -2.49. The number of benzene rings is 1. The van der Waals surface area contributed by atoms with Crippen molar-refractivity contribution >= 4 is 80.9 Å². The number of oxime groups is 1. The van der Waals surface area contributed by atoms with Crippen molar-refractivity contribution in [2.75, 3.05) is 17.2 Å². The van der Waals surface area contributed by atoms with Crippen molar-refractivity contribution in [1.29, 1.82) is 0 Å². The molecule has 1 aromatic carbocycles. The molecule has 0 radical (unpaired) electrons. The first-order valence-electron chi connectivity index (χ1n) is 15.4. The van der Waals surface area contributed by atoms with Gasteiger partial charge in [-0.15, -0.1) is 34.9 Å². The molecular formula is C31H30N10O9S3. The highest BCUT2D eigenvalue weighted by atomic mass is 32.2. The van der Waals surface area contributed by atoms with Gasteiger partial charge in [0, 0.05) is 34.2 Å². The summed E-state index contributed by atoms with van der Waals surface area (Å²) in [5.74, 6) is -5.03. The first-order valence-corrected chi connectivity index (χ1v) is 18.3. The minimum absolute atomic E-state index is 0.0235. The quantitative estimate of drug-likeness (QED) is 0.0279. The first-order chi connectivity index (χ1) is 25.1. The third kappa shape index (κ3) is 7.54. The van der Waals surface area contributed by atoms with E-state index in [4.69, 9.17) is 10.6 Å². The van der Waals surface area contributed by atoms with E-state index in [1.807, 2.05) is 13.0 Å². The number of carbonyl (C=O) groups is 5. The Morgan fingerprint density at radius 1 is 1.13 bits per heavy atom. The van der Waals surface area contributed by atoms with E-state index < -0.39 is 63.8 Å². The third-order valence-corrected chi connectivity index (χ3v) is 10.9. The molecule has 8 N–H and O–H groups in total. The van der Waals surface area contributed by atoms with Gasteiger partial charge in [-0.25, -0.2) is 19.3 Å². The van der Waals surface area contributed by atoms with E-state index in [1.165, 1.54) is 48.8 Å². The van der Waals surface area contributed by atoms with Crippen LogP contribution in [-0.4, -0.2) is 104 Å². The number of hydrogen-bond donors (Lipinski definition) is 7. The average Bonchev–Trinajstić information content (AvgIpc) is 3.77. The predicted molar refractivity (Wildman–Crippen MR) is 192 cm³/mol. The van der Waals surface area contributed by atoms with Crippen molar-refractivity contribution in [3.63, 3.8) is 0 Å². The molecule has 6 rings (SSSR count). The van der Waals surface area contributed by atoms with E-state index >= 15 is 0 Å². The summed E-state index contributed by atoms with van der Waals surface area (Å²) in [4.78, 5) is 80.0. The molecule has 53 heavy (non-hydrogen) atoms. The van der Waals surface area contributed by atoms with E-state index in [2.05, 4.69) is 36.4 Å². The van der Waals surface area contributed by atoms with Gasteiger partial charge in [-0.3, -0.25) is 34.9 Å². The van der Waals surface area contributed by atoms with Crippen molar-refractivity contribution in [2.24, 2.45) is 5.16 Å². The normalized spacial score (nSPS) is 17.2. The number of carbonyl (C=O) groups excluding carboxylic acids is 4. The van der Waals surface area contributed by atoms with E-state index in [1.54, 1.807) is 16.8 Å². The fourth-order valence-electron chi connectivity index (χ4n) is 5.07. The van der Waals surface area contributed by atoms with Crippen LogP contribution >= 0.6 is 34.9 Å². The van der Waals surface area contributed by atoms with E-state index in [9.17, 15) is 39.3 Å². The number of carboxylic acids is 1. The molecule has 0 saturated carbocycles. The van der Waals surface area contributed by atoms with Crippen LogP contribution in [0.15, 0.2) is 63.4 Å². The van der Waals surface area contributed by atoms with Crippen LogP contribution in [0, 0.1) is 6.92 Å². The van der Waals surface area contributed by atoms with Gasteiger partial charge in [0.15, 0.2) is 28.0 Å². The molecule has 2 aliphatic heterocycles. The molecule has 4 aromatic rings. The molecule has 2 atom stereocenters. The number of phenolic OH excluding ortho intramolecular Hbond substituents is 2. The molecule has 5 heterocycles. The zero-order chi connectivity index (χ0) is 38.2. The maximum atomic E-state index is 13.6. The Morgan fingerprint density at radius 2 is 1.91 bits per heavy atom. The van der Waals surface area contributed by atoms with Crippen LogP contribution in [0.1, 0.15) is 35.6 Å². The van der Waals surface area contributed by atoms with Gasteiger partial charge in [-0.1, -0.05) is 5.16 Å². The van der Waals surface area contributed by atoms with Crippen molar-refractivity contribution in [3.8, 4) is 11.5 Å². The van der Waals surface area contributed by atoms with Gasteiger partial charge in [0.25, 0.3) is 23.6 Å². The van der Waals surface area contributed by atoms with Gasteiger partial charge in [0.05, 0.1) is 6.20 Å². The molecule has 22 heteroatoms. The molecule has 1 unspecified atom stereocenters. The molecule has 19 nitrogen and oxygen atoms in total. The molecular weight excluding hydrogens is 753 g/mol. The lowest BCUT2D eigenvalue weighted by atomic mass is 10.0. The summed E-state index contributed by atoms with van der Waals surface area (Å²) in [6.07, 6.45) is 1.61. The number of carboxylic acid groups (broad SMARTS) is 1. The number of thiazole rings is 1. The average molecular weight is 783 g/mol. The Labute approximate surface area is 311 Å². The summed E-state index contributed by atoms with van der Waals surface area (Å²) in [6.45, 7) is 4.43. The Balaban J connectivity index is 1.14. The van der Waals surface area contributed by atoms with Gasteiger partial charge >= 0.3 is 5.97 Å². The van der Waals surface area contributed by atoms with Gasteiger partial charge in [-0.05, 0) is 50.6 Å². The number of phenols is 2. The van der Waals surface area contributed by atoms with Crippen LogP contribution in [0.3, 0.4) is 0 Å². The molecule has 1 saturated heterocycles. The van der Waals surface area contributed by atoms with Crippen LogP contribution < -0.4 is 21.9 Å². The van der Waals surface area contributed by atoms with Crippen LogP contribution in [0.5, 0.6) is 11.5 Å². The number of nitrogens with one attached hydrogen (secondary N) is 3. The number of hydrazine groups is 1. The first kappa shape index (κ1) is 36.9. The number of β-lactam (4-membered cyclic amide) rings is 1. The van der Waals surface area contributed by atoms with Crippen LogP contribution in [0.2, 0.25) is 0 Å². The number of nitrogens with two attached hydrogens (primary N) is 1. The Morgan fingerprint density at radius 3 is 2.60 bits per heavy atom. The summed E-state index contributed by atoms with van der Waals surface area (Å²) in [5, 5.41) is 41.5. The fourth-order valence-corrected chi connectivity index (χ4v) is 8.18. The molecule has 0 bridgehead atoms. The molecule has 4 amide bonds. The summed E-state index contributed by atoms with van der Waals surface area (Å²) in [5.41, 5.74) is 9.53. The fraction of sp³-hybridized carbons (Fsp3) is 0.258. The second kappa shape index (κ2) is 14.6. The number of nitrogens with zero attached hydrogens (tertiary/aromatic N) is 6. The number of nitrogen functional groups attached to an aromatic ring is 1. The second-order valence-electron chi connectivity index (χ2n) is 12.0.